The quantitative estimate of drug-likeness (QED) is 0.0206. The Kier molecular flexibility index (Phi) is 32.0. The molecule has 5 aromatic rings. The first kappa shape index (κ1) is 80.2. The van der Waals surface area contributed by atoms with Crippen LogP contribution in [0, 0.1) is 27.1 Å². The minimum atomic E-state index is -0.939. The Bertz CT molecular complexity index is 3170. The second-order valence-electron chi connectivity index (χ2n) is 24.8. The largest absolute Gasteiger partial charge is 0.477 e. The van der Waals surface area contributed by atoms with Crippen LogP contribution in [0.5, 0.6) is 0 Å². The van der Waals surface area contributed by atoms with Gasteiger partial charge in [-0.25, -0.2) is 24.0 Å². The number of hydrogen-bond acceptors (Lipinski definition) is 20. The summed E-state index contributed by atoms with van der Waals surface area (Å²) in [6, 6.07) is 16.5. The van der Waals surface area contributed by atoms with Crippen molar-refractivity contribution in [3.8, 4) is 0 Å². The molecular weight excluding hydrogens is 1250 g/mol. The van der Waals surface area contributed by atoms with Crippen LogP contribution in [0.15, 0.2) is 60.7 Å². The fraction of sp³-hybridized carbons (Fsp3) is 0.531. The molecule has 0 atom stereocenters. The number of ether oxygens (including phenoxy) is 5. The number of rotatable bonds is 25. The van der Waals surface area contributed by atoms with E-state index in [2.05, 4.69) is 0 Å². The molecule has 0 saturated carbocycles. The Labute approximate surface area is 541 Å². The molecule has 0 saturated heterocycles. The fourth-order valence-corrected chi connectivity index (χ4v) is 12.7. The average Bonchev–Trinajstić information content (AvgIpc) is 2.32. The van der Waals surface area contributed by atoms with Gasteiger partial charge in [0, 0.05) is 24.4 Å². The molecule has 5 heterocycles. The van der Waals surface area contributed by atoms with E-state index in [0.29, 0.717) is 55.1 Å². The van der Waals surface area contributed by atoms with Crippen molar-refractivity contribution in [3.05, 3.63) is 109 Å². The van der Waals surface area contributed by atoms with Crippen LogP contribution in [0.3, 0.4) is 0 Å². The molecule has 20 nitrogen and oxygen atoms in total. The lowest BCUT2D eigenvalue weighted by molar-refractivity contribution is -0.165. The lowest BCUT2D eigenvalue weighted by atomic mass is 9.88. The topological polar surface area (TPSA) is 318 Å². The highest BCUT2D eigenvalue weighted by atomic mass is 32.1. The molecule has 0 fully saturated rings. The number of carboxylic acid groups (broad SMARTS) is 5. The number of thiophene rings is 5. The number of aromatic carboxylic acids is 5. The number of carboxylic acids is 5. The molecule has 0 spiro atoms. The highest BCUT2D eigenvalue weighted by Gasteiger charge is 2.35. The molecule has 0 bridgehead atoms. The first-order chi connectivity index (χ1) is 40.8. The summed E-state index contributed by atoms with van der Waals surface area (Å²) in [6.07, 6.45) is 4.13. The molecule has 0 aliphatic carbocycles. The monoisotopic (exact) mass is 1340 g/mol. The van der Waals surface area contributed by atoms with E-state index in [1.54, 1.807) is 123 Å². The summed E-state index contributed by atoms with van der Waals surface area (Å²) in [5, 5.41) is 44.2. The molecule has 0 unspecified atom stereocenters. The Hall–Kier alpha value is -6.80. The van der Waals surface area contributed by atoms with Gasteiger partial charge in [-0.05, 0) is 210 Å². The summed E-state index contributed by atoms with van der Waals surface area (Å²) in [5.41, 5.74) is -3.73. The second-order valence-corrected chi connectivity index (χ2v) is 30.7. The summed E-state index contributed by atoms with van der Waals surface area (Å²) < 4.78 is 25.5. The van der Waals surface area contributed by atoms with Gasteiger partial charge in [-0.1, -0.05) is 13.3 Å². The van der Waals surface area contributed by atoms with Crippen molar-refractivity contribution in [3.63, 3.8) is 0 Å². The molecule has 89 heavy (non-hydrogen) atoms. The van der Waals surface area contributed by atoms with Gasteiger partial charge < -0.3 is 49.2 Å². The van der Waals surface area contributed by atoms with Gasteiger partial charge in [0.15, 0.2) is 0 Å². The van der Waals surface area contributed by atoms with E-state index in [1.807, 2.05) is 55.4 Å². The maximum Gasteiger partial charge on any atom is 0.345 e. The number of hydrogen-bond donors (Lipinski definition) is 5. The molecule has 0 amide bonds. The van der Waals surface area contributed by atoms with E-state index in [1.165, 1.54) is 63.8 Å². The zero-order valence-electron chi connectivity index (χ0n) is 54.1. The van der Waals surface area contributed by atoms with Gasteiger partial charge in [0.25, 0.3) is 0 Å². The van der Waals surface area contributed by atoms with Crippen molar-refractivity contribution in [2.75, 3.05) is 20.3 Å². The van der Waals surface area contributed by atoms with Crippen molar-refractivity contribution >= 4 is 116 Å². The minimum absolute atomic E-state index is 0.144. The third-order valence-electron chi connectivity index (χ3n) is 12.1. The Morgan fingerprint density at radius 2 is 0.652 bits per heavy atom. The second kappa shape index (κ2) is 35.6. The van der Waals surface area contributed by atoms with Crippen molar-refractivity contribution in [2.45, 2.75) is 174 Å². The molecule has 25 heteroatoms. The zero-order chi connectivity index (χ0) is 68.6. The number of carbonyl (C=O) groups is 10. The summed E-state index contributed by atoms with van der Waals surface area (Å²) in [6.45, 7) is 31.7. The molecule has 0 radical (unpaired) electrons. The summed E-state index contributed by atoms with van der Waals surface area (Å²) in [4.78, 5) is 119. The van der Waals surface area contributed by atoms with Crippen LogP contribution >= 0.6 is 56.7 Å². The van der Waals surface area contributed by atoms with Crippen molar-refractivity contribution in [1.82, 2.24) is 0 Å². The van der Waals surface area contributed by atoms with Crippen LogP contribution < -0.4 is 0 Å². The Balaban J connectivity index is 0.000000557. The van der Waals surface area contributed by atoms with Gasteiger partial charge in [0.2, 0.25) is 0 Å². The van der Waals surface area contributed by atoms with Gasteiger partial charge in [-0.2, -0.15) is 0 Å². The normalized spacial score (nSPS) is 11.5. The third kappa shape index (κ3) is 29.1. The van der Waals surface area contributed by atoms with Crippen LogP contribution in [0.25, 0.3) is 0 Å². The number of unbranched alkanes of at least 4 members (excludes halogenated alkanes) is 1. The van der Waals surface area contributed by atoms with E-state index in [-0.39, 0.29) is 50.6 Å². The molecule has 494 valence electrons. The predicted octanol–water partition coefficient (Wildman–Crippen LogP) is 14.4. The van der Waals surface area contributed by atoms with E-state index >= 15 is 0 Å². The number of esters is 5. The predicted molar refractivity (Wildman–Crippen MR) is 345 cm³/mol. The lowest BCUT2D eigenvalue weighted by Gasteiger charge is -2.28. The first-order valence-corrected chi connectivity index (χ1v) is 32.4. The van der Waals surface area contributed by atoms with Crippen molar-refractivity contribution < 1.29 is 97.2 Å². The van der Waals surface area contributed by atoms with E-state index in [9.17, 15) is 47.9 Å². The smallest absolute Gasteiger partial charge is 0.345 e. The van der Waals surface area contributed by atoms with Gasteiger partial charge in [0.05, 0.1) is 53.5 Å². The van der Waals surface area contributed by atoms with Crippen LogP contribution in [0.4, 0.5) is 0 Å². The van der Waals surface area contributed by atoms with Crippen LogP contribution in [0.2, 0.25) is 0 Å². The van der Waals surface area contributed by atoms with Crippen molar-refractivity contribution in [1.29, 1.82) is 0 Å². The van der Waals surface area contributed by atoms with Gasteiger partial charge in [0.1, 0.15) is 30.0 Å². The fourth-order valence-electron chi connectivity index (χ4n) is 7.38. The van der Waals surface area contributed by atoms with E-state index in [0.717, 1.165) is 37.2 Å². The standard InChI is InChI=1S/2C14H20O4S.C13H18O4S.C12H16O4S.C11H14O4S/c1-13(2,3)18-12(17)14(4,5)8-9-6-7-10(19-9)11(15)16;1-4-5-8-18-13(17)14(2,3)9-10-6-7-11(19-10)12(15)16;1-8(2)17-12(16)13(3,4)7-9-5-6-10(18-9)11(14)15;1-4-16-11(15)12(2,3)7-8-5-6-9(17-8)10(13)14;1-11(2,10(14)15-3)6-7-4-5-8(16-7)9(12)13/h6-7H,8H2,1-5H3,(H,15,16);6-7H,4-5,8-9H2,1-3H3,(H,15,16);5-6,8H,7H2,1-4H3,(H,14,15);5-6H,4,7H2,1-3H3,(H,13,14);4-5H,6H2,1-3H3,(H,12,13). The van der Waals surface area contributed by atoms with Crippen molar-refractivity contribution in [2.24, 2.45) is 27.1 Å². The molecule has 5 N–H and O–H groups in total. The maximum absolute atomic E-state index is 12.1. The van der Waals surface area contributed by atoms with E-state index in [4.69, 9.17) is 49.2 Å². The maximum atomic E-state index is 12.1. The zero-order valence-corrected chi connectivity index (χ0v) is 58.2. The van der Waals surface area contributed by atoms with Gasteiger partial charge in [-0.3, -0.25) is 24.0 Å². The van der Waals surface area contributed by atoms with Crippen LogP contribution in [-0.4, -0.2) is 117 Å². The molecule has 0 aliphatic rings. The lowest BCUT2D eigenvalue weighted by Crippen LogP contribution is -2.35. The Morgan fingerprint density at radius 1 is 0.393 bits per heavy atom. The summed E-state index contributed by atoms with van der Waals surface area (Å²) in [7, 11) is 1.35. The highest BCUT2D eigenvalue weighted by molar-refractivity contribution is 7.15. The molecule has 5 rings (SSSR count). The number of methoxy groups -OCH3 is 1. The van der Waals surface area contributed by atoms with Crippen LogP contribution in [0.1, 0.15) is 203 Å². The summed E-state index contributed by atoms with van der Waals surface area (Å²) >= 11 is 5.98. The summed E-state index contributed by atoms with van der Waals surface area (Å²) in [5.74, 6) is -6.00. The minimum Gasteiger partial charge on any atom is -0.477 e. The average molecular weight is 1340 g/mol. The van der Waals surface area contributed by atoms with Gasteiger partial charge >= 0.3 is 59.7 Å². The van der Waals surface area contributed by atoms with E-state index < -0.39 is 62.5 Å². The number of carbonyl (C=O) groups excluding carboxylic acids is 5. The molecule has 5 aromatic heterocycles. The highest BCUT2D eigenvalue weighted by Crippen LogP contribution is 2.33. The SMILES string of the molecule is CC(C)(C)OC(=O)C(C)(C)Cc1ccc(C(=O)O)s1.CC(C)OC(=O)C(C)(C)Cc1ccc(C(=O)O)s1.CCCCOC(=O)C(C)(C)Cc1ccc(C(=O)O)s1.CCOC(=O)C(C)(C)Cc1ccc(C(=O)O)s1.COC(=O)C(C)(C)Cc1ccc(C(=O)O)s1. The van der Waals surface area contributed by atoms with Crippen LogP contribution in [-0.2, 0) is 79.8 Å². The third-order valence-corrected chi connectivity index (χ3v) is 17.5. The van der Waals surface area contributed by atoms with Gasteiger partial charge in [-0.15, -0.1) is 56.7 Å². The first-order valence-electron chi connectivity index (χ1n) is 28.3. The Morgan fingerprint density at radius 3 is 0.876 bits per heavy atom. The molecular formula is C64H88O20S5. The molecule has 0 aromatic carbocycles. The molecule has 0 aliphatic heterocycles.